The summed E-state index contributed by atoms with van der Waals surface area (Å²) in [5, 5.41) is 5.84. The molecule has 1 atom stereocenters. The van der Waals surface area contributed by atoms with Gasteiger partial charge in [-0.3, -0.25) is 9.59 Å². The smallest absolute Gasteiger partial charge is 0.220 e. The number of Topliss-reactive ketones (excluding diaryl/α,β-unsaturated/α-hetero) is 1. The van der Waals surface area contributed by atoms with E-state index in [4.69, 9.17) is 4.74 Å². The molecular weight excluding hydrogens is 280 g/mol. The monoisotopic (exact) mass is 306 g/mol. The normalized spacial score (nSPS) is 11.8. The average molecular weight is 306 g/mol. The molecule has 1 amide bonds. The summed E-state index contributed by atoms with van der Waals surface area (Å²) in [6, 6.07) is 7.29. The lowest BCUT2D eigenvalue weighted by atomic mass is 10.1. The van der Waals surface area contributed by atoms with Crippen LogP contribution in [0.25, 0.3) is 0 Å². The molecule has 1 rings (SSSR count). The van der Waals surface area contributed by atoms with Crippen LogP contribution in [0, 0.1) is 0 Å². The van der Waals surface area contributed by atoms with E-state index in [0.717, 1.165) is 12.2 Å². The lowest BCUT2D eigenvalue weighted by Gasteiger charge is -2.11. The number of carbonyl (C=O) groups excluding carboxylic acids is 2. The first-order valence-corrected chi connectivity index (χ1v) is 7.76. The molecule has 0 aliphatic carbocycles. The summed E-state index contributed by atoms with van der Waals surface area (Å²) in [5.74, 6) is 0.634. The molecule has 0 fully saturated rings. The zero-order valence-corrected chi connectivity index (χ0v) is 13.6. The van der Waals surface area contributed by atoms with Gasteiger partial charge in [-0.05, 0) is 44.7 Å². The topological polar surface area (TPSA) is 67.4 Å². The highest BCUT2D eigenvalue weighted by molar-refractivity contribution is 5.98. The number of benzene rings is 1. The van der Waals surface area contributed by atoms with E-state index in [0.29, 0.717) is 18.7 Å². The molecule has 0 bridgehead atoms. The molecule has 0 spiro atoms. The van der Waals surface area contributed by atoms with Crippen molar-refractivity contribution in [3.8, 4) is 5.75 Å². The number of rotatable bonds is 10. The second-order valence-electron chi connectivity index (χ2n) is 5.29. The Labute approximate surface area is 132 Å². The first-order chi connectivity index (χ1) is 10.6. The summed E-state index contributed by atoms with van der Waals surface area (Å²) in [6.07, 6.45) is 1.38. The van der Waals surface area contributed by atoms with Gasteiger partial charge in [-0.25, -0.2) is 0 Å². The predicted octanol–water partition coefficient (Wildman–Crippen LogP) is 2.16. The Balaban J connectivity index is 2.37. The maximum Gasteiger partial charge on any atom is 0.220 e. The highest BCUT2D eigenvalue weighted by atomic mass is 16.5. The van der Waals surface area contributed by atoms with E-state index in [1.54, 1.807) is 24.3 Å². The Bertz CT molecular complexity index is 471. The van der Waals surface area contributed by atoms with E-state index in [1.165, 1.54) is 0 Å². The SMILES string of the molecule is CCCOc1ccc(C(=O)CCC(=O)NCC(C)NC)cc1. The van der Waals surface area contributed by atoms with E-state index >= 15 is 0 Å². The van der Waals surface area contributed by atoms with E-state index in [-0.39, 0.29) is 30.6 Å². The van der Waals surface area contributed by atoms with Crippen LogP contribution in [-0.4, -0.2) is 37.9 Å². The third kappa shape index (κ3) is 6.72. The largest absolute Gasteiger partial charge is 0.494 e. The molecule has 0 aliphatic heterocycles. The summed E-state index contributed by atoms with van der Waals surface area (Å²) < 4.78 is 5.47. The van der Waals surface area contributed by atoms with Crippen LogP contribution in [0.4, 0.5) is 0 Å². The summed E-state index contributed by atoms with van der Waals surface area (Å²) in [6.45, 7) is 5.25. The van der Waals surface area contributed by atoms with Crippen molar-refractivity contribution in [2.75, 3.05) is 20.2 Å². The molecule has 1 unspecified atom stereocenters. The summed E-state index contributed by atoms with van der Waals surface area (Å²) in [4.78, 5) is 23.7. The molecule has 5 nitrogen and oxygen atoms in total. The van der Waals surface area contributed by atoms with Gasteiger partial charge in [0.1, 0.15) is 5.75 Å². The van der Waals surface area contributed by atoms with Crippen molar-refractivity contribution in [1.29, 1.82) is 0 Å². The standard InChI is InChI=1S/C17H26N2O3/c1-4-11-22-15-7-5-14(6-8-15)16(20)9-10-17(21)19-12-13(2)18-3/h5-8,13,18H,4,9-12H2,1-3H3,(H,19,21). The fourth-order valence-electron chi connectivity index (χ4n) is 1.79. The van der Waals surface area contributed by atoms with Gasteiger partial charge in [-0.1, -0.05) is 6.92 Å². The van der Waals surface area contributed by atoms with Crippen molar-refractivity contribution in [3.05, 3.63) is 29.8 Å². The van der Waals surface area contributed by atoms with Gasteiger partial charge in [0.25, 0.3) is 0 Å². The molecule has 0 saturated heterocycles. The van der Waals surface area contributed by atoms with Crippen LogP contribution in [0.2, 0.25) is 0 Å². The lowest BCUT2D eigenvalue weighted by molar-refractivity contribution is -0.121. The number of amides is 1. The predicted molar refractivity (Wildman–Crippen MR) is 87.3 cm³/mol. The van der Waals surface area contributed by atoms with E-state index in [2.05, 4.69) is 10.6 Å². The van der Waals surface area contributed by atoms with Crippen LogP contribution in [0.15, 0.2) is 24.3 Å². The van der Waals surface area contributed by atoms with Crippen molar-refractivity contribution >= 4 is 11.7 Å². The molecule has 122 valence electrons. The second kappa shape index (κ2) is 9.95. The molecular formula is C17H26N2O3. The molecule has 2 N–H and O–H groups in total. The Hall–Kier alpha value is -1.88. The molecule has 22 heavy (non-hydrogen) atoms. The Morgan fingerprint density at radius 2 is 1.86 bits per heavy atom. The summed E-state index contributed by atoms with van der Waals surface area (Å²) >= 11 is 0. The fourth-order valence-corrected chi connectivity index (χ4v) is 1.79. The molecule has 0 radical (unpaired) electrons. The number of nitrogens with one attached hydrogen (secondary N) is 2. The van der Waals surface area contributed by atoms with E-state index in [1.807, 2.05) is 20.9 Å². The first kappa shape index (κ1) is 18.2. The van der Waals surface area contributed by atoms with Gasteiger partial charge in [0.15, 0.2) is 5.78 Å². The number of carbonyl (C=O) groups is 2. The quantitative estimate of drug-likeness (QED) is 0.650. The first-order valence-electron chi connectivity index (χ1n) is 7.76. The van der Waals surface area contributed by atoms with Gasteiger partial charge in [0.05, 0.1) is 6.61 Å². The minimum absolute atomic E-state index is 0.0288. The van der Waals surface area contributed by atoms with Crippen LogP contribution >= 0.6 is 0 Å². The highest BCUT2D eigenvalue weighted by Gasteiger charge is 2.10. The van der Waals surface area contributed by atoms with Crippen LogP contribution in [0.1, 0.15) is 43.5 Å². The highest BCUT2D eigenvalue weighted by Crippen LogP contribution is 2.14. The third-order valence-electron chi connectivity index (χ3n) is 3.33. The molecule has 5 heteroatoms. The van der Waals surface area contributed by atoms with Crippen molar-refractivity contribution in [3.63, 3.8) is 0 Å². The van der Waals surface area contributed by atoms with Crippen molar-refractivity contribution in [2.45, 2.75) is 39.2 Å². The summed E-state index contributed by atoms with van der Waals surface area (Å²) in [5.41, 5.74) is 0.611. The maximum atomic E-state index is 12.0. The Morgan fingerprint density at radius 3 is 2.45 bits per heavy atom. The molecule has 0 aromatic heterocycles. The zero-order valence-electron chi connectivity index (χ0n) is 13.6. The number of likely N-dealkylation sites (N-methyl/N-ethyl adjacent to an activating group) is 1. The van der Waals surface area contributed by atoms with Gasteiger partial charge in [-0.2, -0.15) is 0 Å². The maximum absolute atomic E-state index is 12.0. The molecule has 1 aromatic carbocycles. The van der Waals surface area contributed by atoms with Gasteiger partial charge in [-0.15, -0.1) is 0 Å². The Morgan fingerprint density at radius 1 is 1.18 bits per heavy atom. The van der Waals surface area contributed by atoms with Crippen LogP contribution < -0.4 is 15.4 Å². The van der Waals surface area contributed by atoms with Gasteiger partial charge in [0, 0.05) is 31.0 Å². The van der Waals surface area contributed by atoms with Gasteiger partial charge < -0.3 is 15.4 Å². The van der Waals surface area contributed by atoms with Crippen molar-refractivity contribution < 1.29 is 14.3 Å². The second-order valence-corrected chi connectivity index (χ2v) is 5.29. The van der Waals surface area contributed by atoms with Crippen molar-refractivity contribution in [2.24, 2.45) is 0 Å². The van der Waals surface area contributed by atoms with E-state index < -0.39 is 0 Å². The van der Waals surface area contributed by atoms with E-state index in [9.17, 15) is 9.59 Å². The minimum Gasteiger partial charge on any atom is -0.494 e. The Kier molecular flexibility index (Phi) is 8.22. The van der Waals surface area contributed by atoms with Crippen LogP contribution in [-0.2, 0) is 4.79 Å². The van der Waals surface area contributed by atoms with Gasteiger partial charge in [0.2, 0.25) is 5.91 Å². The zero-order chi connectivity index (χ0) is 16.4. The minimum atomic E-state index is -0.0988. The average Bonchev–Trinajstić information content (AvgIpc) is 2.55. The van der Waals surface area contributed by atoms with Crippen LogP contribution in [0.5, 0.6) is 5.75 Å². The van der Waals surface area contributed by atoms with Gasteiger partial charge >= 0.3 is 0 Å². The summed E-state index contributed by atoms with van der Waals surface area (Å²) in [7, 11) is 1.84. The molecule has 1 aromatic rings. The number of hydrogen-bond acceptors (Lipinski definition) is 4. The number of ether oxygens (including phenoxy) is 1. The number of hydrogen-bond donors (Lipinski definition) is 2. The third-order valence-corrected chi connectivity index (χ3v) is 3.33. The molecule has 0 saturated carbocycles. The fraction of sp³-hybridized carbons (Fsp3) is 0.529. The number of ketones is 1. The molecule has 0 aliphatic rings. The molecule has 0 heterocycles. The van der Waals surface area contributed by atoms with Crippen molar-refractivity contribution in [1.82, 2.24) is 10.6 Å². The lowest BCUT2D eigenvalue weighted by Crippen LogP contribution is -2.37. The van der Waals surface area contributed by atoms with Crippen LogP contribution in [0.3, 0.4) is 0 Å².